The number of ketones is 1. The minimum atomic E-state index is -0.978. The van der Waals surface area contributed by atoms with Gasteiger partial charge in [0.1, 0.15) is 64.9 Å². The number of aromatic nitrogens is 4. The number of carbonyl (C=O) groups excluding carboxylic acids is 12. The van der Waals surface area contributed by atoms with E-state index in [0.29, 0.717) is 57.2 Å². The van der Waals surface area contributed by atoms with Gasteiger partial charge in [-0.25, -0.2) is 24.4 Å². The van der Waals surface area contributed by atoms with Crippen molar-refractivity contribution >= 4 is 71.1 Å². The zero-order chi connectivity index (χ0) is 77.3. The molecule has 3 aliphatic heterocycles. The van der Waals surface area contributed by atoms with Crippen molar-refractivity contribution in [3.05, 3.63) is 61.2 Å². The van der Waals surface area contributed by atoms with Gasteiger partial charge in [-0.3, -0.25) is 62.7 Å². The summed E-state index contributed by atoms with van der Waals surface area (Å²) in [6.45, 7) is 25.2. The number of likely N-dealkylation sites (tertiary alicyclic amines) is 3. The molecule has 5 heterocycles. The van der Waals surface area contributed by atoms with Crippen LogP contribution >= 0.6 is 0 Å². The summed E-state index contributed by atoms with van der Waals surface area (Å²) in [6.07, 6.45) is 27.6. The molecule has 0 spiro atoms. The van der Waals surface area contributed by atoms with E-state index in [0.717, 1.165) is 109 Å². The van der Waals surface area contributed by atoms with E-state index in [1.165, 1.54) is 49.2 Å². The largest absolute Gasteiger partial charge is 0.467 e. The Morgan fingerprint density at radius 1 is 0.546 bits per heavy atom. The number of amides is 9. The van der Waals surface area contributed by atoms with Crippen molar-refractivity contribution in [2.75, 3.05) is 26.7 Å². The molecule has 0 aromatic carbocycles. The minimum Gasteiger partial charge on any atom is -0.467 e. The smallest absolute Gasteiger partial charge is 0.411 e. The van der Waals surface area contributed by atoms with E-state index in [-0.39, 0.29) is 94.7 Å². The second kappa shape index (κ2) is 40.2. The summed E-state index contributed by atoms with van der Waals surface area (Å²) in [7, 11) is 1.31. The Labute approximate surface area is 636 Å². The van der Waals surface area contributed by atoms with E-state index in [4.69, 9.17) is 14.2 Å². The van der Waals surface area contributed by atoms with Crippen molar-refractivity contribution in [3.63, 3.8) is 0 Å². The highest BCUT2D eigenvalue weighted by atomic mass is 19.0. The summed E-state index contributed by atoms with van der Waals surface area (Å²) < 4.78 is 15.8. The van der Waals surface area contributed by atoms with Gasteiger partial charge in [-0.15, -0.1) is 6.58 Å². The van der Waals surface area contributed by atoms with Crippen LogP contribution in [0, 0.1) is 53.3 Å². The van der Waals surface area contributed by atoms with E-state index in [9.17, 15) is 57.5 Å². The number of ether oxygens (including phenoxy) is 3. The molecule has 6 N–H and O–H groups in total. The number of esters is 2. The van der Waals surface area contributed by atoms with Crippen LogP contribution in [0.4, 0.5) is 9.50 Å². The summed E-state index contributed by atoms with van der Waals surface area (Å²) >= 11 is 0. The number of hydrogen-bond acceptors (Lipinski definition) is 19. The standard InChI is InChI=1S/C35H51N7O6.C30H45N5O5.C13H21NO4.CH4.FH/c1-4-8-25(30(43)34(47)38-23-13-14-23)39-33(46)29-24(21-11-12-21)15-18-42(29)35(48)27(20(2)3)40-32(45)28(22-9-6-5-7-10-22)41-31(44)26-19-36-16-17-37-26;1-18(2)23(28(38)35-16-13-21(19-11-12-19)25(35)29(39)40-30(3,4)5)33-27(37)24(20-9-7-6-8-10-20)34-26(36)22-17-31-14-15-32-22;1-6-9-7-8-14(10(9)11(15)17-5)12(16)18-13(2,3)4;;/h16-17,19-25,27-29H,4-15,18H2,1-3H3,(H,38,47)(H,39,46)(H,40,45)(H,41,44);14-15,17-21,23-25H,6-13,16H2,1-5H3,(H,33,37)(H,34,36);6,9-10H,1,7-8H2,2-5H3;1H4;1H/t24-,25+,27+,28+,29+;21-,23+,24+,25+;9-,10-;;/m110../s1. The van der Waals surface area contributed by atoms with Crippen molar-refractivity contribution in [2.24, 2.45) is 53.3 Å². The number of nitrogens with one attached hydrogen (secondary N) is 6. The lowest BCUT2D eigenvalue weighted by Crippen LogP contribution is -2.61. The SMILES string of the molecule is C.C=C[C@H]1CCN(C(=O)OC(C)(C)C)[C@@H]1C(=O)OC.CC(C)[C@H](NC(=O)[C@@H](NC(=O)c1cnccn1)C1CCCCC1)C(=O)N1CC[C@H](C2CC2)[C@H]1C(=O)OC(C)(C)C.CCC[C@H](NC(=O)[C@@H]1[C@@H](C2CC2)CCN1C(=O)[C@@H](NC(=O)[C@@H](NC(=O)c1cnccn1)C1CCCCC1)C(C)C)C(=O)C(=O)NC1CC1.F. The fourth-order valence-electron chi connectivity index (χ4n) is 15.5. The van der Waals surface area contributed by atoms with Gasteiger partial charge in [-0.05, 0) is 179 Å². The van der Waals surface area contributed by atoms with Crippen LogP contribution in [0.2, 0.25) is 0 Å². The molecule has 600 valence electrons. The molecule has 29 heteroatoms. The van der Waals surface area contributed by atoms with Crippen LogP contribution in [0.15, 0.2) is 49.8 Å². The molecule has 2 aromatic heterocycles. The number of halogens is 1. The molecule has 9 amide bonds. The van der Waals surface area contributed by atoms with E-state index < -0.39 is 107 Å². The Hall–Kier alpha value is -8.53. The predicted molar refractivity (Wildman–Crippen MR) is 401 cm³/mol. The predicted octanol–water partition coefficient (Wildman–Crippen LogP) is 8.08. The van der Waals surface area contributed by atoms with Crippen molar-refractivity contribution in [2.45, 2.75) is 284 Å². The molecule has 108 heavy (non-hydrogen) atoms. The molecular weight excluding hydrogens is 1390 g/mol. The van der Waals surface area contributed by atoms with E-state index in [1.54, 1.807) is 36.6 Å². The summed E-state index contributed by atoms with van der Waals surface area (Å²) in [5, 5.41) is 17.3. The molecule has 0 radical (unpaired) electrons. The van der Waals surface area contributed by atoms with Crippen LogP contribution in [0.3, 0.4) is 0 Å². The Balaban J connectivity index is 0.000000274. The lowest BCUT2D eigenvalue weighted by atomic mass is 9.83. The maximum atomic E-state index is 14.3. The highest BCUT2D eigenvalue weighted by Crippen LogP contribution is 2.47. The Morgan fingerprint density at radius 3 is 1.38 bits per heavy atom. The maximum absolute atomic E-state index is 14.3. The molecule has 5 aliphatic carbocycles. The summed E-state index contributed by atoms with van der Waals surface area (Å²) in [6, 6.07) is -6.50. The second-order valence-electron chi connectivity index (χ2n) is 32.7. The third-order valence-electron chi connectivity index (χ3n) is 21.4. The highest BCUT2D eigenvalue weighted by molar-refractivity contribution is 6.38. The van der Waals surface area contributed by atoms with E-state index in [1.807, 2.05) is 55.4 Å². The zero-order valence-corrected chi connectivity index (χ0v) is 64.8. The summed E-state index contributed by atoms with van der Waals surface area (Å²) in [4.78, 5) is 180. The van der Waals surface area contributed by atoms with Crippen molar-refractivity contribution in [1.82, 2.24) is 66.5 Å². The van der Waals surface area contributed by atoms with Crippen molar-refractivity contribution in [1.29, 1.82) is 0 Å². The van der Waals surface area contributed by atoms with Crippen LogP contribution in [0.5, 0.6) is 0 Å². The van der Waals surface area contributed by atoms with E-state index >= 15 is 0 Å². The maximum Gasteiger partial charge on any atom is 0.411 e. The fraction of sp³-hybridized carbons (Fsp3) is 0.722. The van der Waals surface area contributed by atoms with Crippen LogP contribution in [-0.4, -0.2) is 198 Å². The number of nitrogens with zero attached hydrogens (tertiary/aromatic N) is 7. The highest BCUT2D eigenvalue weighted by Gasteiger charge is 2.53. The number of methoxy groups -OCH3 is 1. The third kappa shape index (κ3) is 24.5. The van der Waals surface area contributed by atoms with Crippen molar-refractivity contribution in [3.8, 4) is 0 Å². The first kappa shape index (κ1) is 88.4. The van der Waals surface area contributed by atoms with Gasteiger partial charge in [0.25, 0.3) is 17.7 Å². The lowest BCUT2D eigenvalue weighted by molar-refractivity contribution is -0.165. The molecule has 28 nitrogen and oxygen atoms in total. The molecular formula is C79H122FN13O15. The van der Waals surface area contributed by atoms with Gasteiger partial charge < -0.3 is 55.9 Å². The van der Waals surface area contributed by atoms with E-state index in [2.05, 4.69) is 58.4 Å². The van der Waals surface area contributed by atoms with Crippen LogP contribution in [0.1, 0.15) is 239 Å². The quantitative estimate of drug-likeness (QED) is 0.0224. The van der Waals surface area contributed by atoms with Crippen LogP contribution < -0.4 is 31.9 Å². The van der Waals surface area contributed by atoms with Gasteiger partial charge in [0.15, 0.2) is 0 Å². The Kier molecular flexibility index (Phi) is 32.9. The Bertz CT molecular complexity index is 3400. The van der Waals surface area contributed by atoms with Gasteiger partial charge in [0.2, 0.25) is 35.3 Å². The molecule has 0 bridgehead atoms. The average molecular weight is 1510 g/mol. The molecule has 10 rings (SSSR count). The lowest BCUT2D eigenvalue weighted by Gasteiger charge is -2.35. The first-order valence-electron chi connectivity index (χ1n) is 38.8. The molecule has 5 saturated carbocycles. The molecule has 8 aliphatic rings. The van der Waals surface area contributed by atoms with Gasteiger partial charge in [-0.1, -0.05) is 93.1 Å². The van der Waals surface area contributed by atoms with Gasteiger partial charge >= 0.3 is 18.0 Å². The number of hydrogen-bond donors (Lipinski definition) is 6. The number of Topliss-reactive ketones (excluding diaryl/α,β-unsaturated/α-hetero) is 1. The Morgan fingerprint density at radius 2 is 0.991 bits per heavy atom. The fourth-order valence-corrected chi connectivity index (χ4v) is 15.5. The number of rotatable bonds is 26. The minimum absolute atomic E-state index is 0. The monoisotopic (exact) mass is 1510 g/mol. The van der Waals surface area contributed by atoms with Gasteiger partial charge in [0, 0.05) is 56.4 Å². The average Bonchev–Trinajstić information content (AvgIpc) is 1.60. The first-order chi connectivity index (χ1) is 50.3. The molecule has 8 fully saturated rings. The second-order valence-corrected chi connectivity index (χ2v) is 32.7. The molecule has 2 aromatic rings. The molecule has 0 unspecified atom stereocenters. The van der Waals surface area contributed by atoms with Crippen molar-refractivity contribution < 1.29 is 76.4 Å². The topological polar surface area (TPSA) is 366 Å². The molecule has 3 saturated heterocycles. The zero-order valence-electron chi connectivity index (χ0n) is 64.8. The summed E-state index contributed by atoms with van der Waals surface area (Å²) in [5.74, 6) is -5.07. The van der Waals surface area contributed by atoms with Crippen LogP contribution in [-0.2, 0) is 57.4 Å². The van der Waals surface area contributed by atoms with Crippen LogP contribution in [0.25, 0.3) is 0 Å². The van der Waals surface area contributed by atoms with Gasteiger partial charge in [0.05, 0.1) is 25.5 Å². The molecule has 11 atom stereocenters. The summed E-state index contributed by atoms with van der Waals surface area (Å²) in [5.41, 5.74) is -1.01. The normalized spacial score (nSPS) is 22.9. The first-order valence-corrected chi connectivity index (χ1v) is 38.8. The van der Waals surface area contributed by atoms with Gasteiger partial charge in [-0.2, -0.15) is 0 Å². The third-order valence-corrected chi connectivity index (χ3v) is 21.4. The number of carbonyl (C=O) groups is 12.